The van der Waals surface area contributed by atoms with Gasteiger partial charge in [-0.3, -0.25) is 9.59 Å². The van der Waals surface area contributed by atoms with Crippen molar-refractivity contribution in [2.75, 3.05) is 38.8 Å². The summed E-state index contributed by atoms with van der Waals surface area (Å²) < 4.78 is 21.0. The maximum Gasteiger partial charge on any atom is 0.338 e. The highest BCUT2D eigenvalue weighted by Crippen LogP contribution is 2.17. The van der Waals surface area contributed by atoms with Crippen LogP contribution in [0.5, 0.6) is 11.5 Å². The van der Waals surface area contributed by atoms with Gasteiger partial charge in [-0.1, -0.05) is 6.07 Å². The minimum Gasteiger partial charge on any atom is -0.497 e. The lowest BCUT2D eigenvalue weighted by atomic mass is 10.2. The van der Waals surface area contributed by atoms with Gasteiger partial charge in [0.2, 0.25) is 0 Å². The Labute approximate surface area is 186 Å². The summed E-state index contributed by atoms with van der Waals surface area (Å²) in [6, 6.07) is 13.1. The van der Waals surface area contributed by atoms with E-state index in [1.807, 2.05) is 0 Å². The number of rotatable bonds is 10. The van der Waals surface area contributed by atoms with E-state index in [2.05, 4.69) is 10.6 Å². The molecule has 32 heavy (non-hydrogen) atoms. The number of carbonyl (C=O) groups excluding carboxylic acids is 3. The summed E-state index contributed by atoms with van der Waals surface area (Å²) >= 11 is 0. The number of amides is 2. The van der Waals surface area contributed by atoms with Crippen LogP contribution in [0.3, 0.4) is 0 Å². The molecule has 1 aliphatic heterocycles. The Hall–Kier alpha value is -3.59. The third-order valence-corrected chi connectivity index (χ3v) is 4.70. The fraction of sp³-hybridized carbons (Fsp3) is 0.348. The Kier molecular flexibility index (Phi) is 8.44. The Balaban J connectivity index is 1.38. The van der Waals surface area contributed by atoms with E-state index < -0.39 is 5.97 Å². The van der Waals surface area contributed by atoms with Crippen molar-refractivity contribution < 1.29 is 33.3 Å². The quantitative estimate of drug-likeness (QED) is 0.542. The number of hydrogen-bond donors (Lipinski definition) is 2. The maximum absolute atomic E-state index is 12.1. The number of ether oxygens (including phenoxy) is 4. The third-order valence-electron chi connectivity index (χ3n) is 4.70. The van der Waals surface area contributed by atoms with Crippen molar-refractivity contribution in [3.63, 3.8) is 0 Å². The molecule has 0 saturated carbocycles. The topological polar surface area (TPSA) is 112 Å². The molecule has 2 aromatic carbocycles. The lowest BCUT2D eigenvalue weighted by Gasteiger charge is -2.11. The lowest BCUT2D eigenvalue weighted by molar-refractivity contribution is -0.124. The molecule has 9 nitrogen and oxygen atoms in total. The fourth-order valence-corrected chi connectivity index (χ4v) is 3.03. The van der Waals surface area contributed by atoms with Crippen LogP contribution in [0.15, 0.2) is 48.5 Å². The Bertz CT molecular complexity index is 924. The first kappa shape index (κ1) is 23.1. The second kappa shape index (κ2) is 11.7. The van der Waals surface area contributed by atoms with E-state index in [9.17, 15) is 14.4 Å². The van der Waals surface area contributed by atoms with Crippen LogP contribution in [0.1, 0.15) is 23.2 Å². The summed E-state index contributed by atoms with van der Waals surface area (Å²) in [4.78, 5) is 35.9. The number of hydrogen-bond acceptors (Lipinski definition) is 7. The summed E-state index contributed by atoms with van der Waals surface area (Å²) in [6.45, 7) is 0.552. The molecular weight excluding hydrogens is 416 g/mol. The van der Waals surface area contributed by atoms with Gasteiger partial charge in [0.05, 0.1) is 18.8 Å². The highest BCUT2D eigenvalue weighted by molar-refractivity contribution is 5.92. The smallest absolute Gasteiger partial charge is 0.338 e. The average Bonchev–Trinajstić information content (AvgIpc) is 3.34. The molecule has 0 spiro atoms. The van der Waals surface area contributed by atoms with Crippen LogP contribution in [0.25, 0.3) is 0 Å². The van der Waals surface area contributed by atoms with Crippen molar-refractivity contribution in [3.05, 3.63) is 54.1 Å². The molecule has 9 heteroatoms. The standard InChI is InChI=1S/C23H26N2O7/c1-29-19-5-2-4-17(12-19)25-22(27)15-31-18-9-7-16(8-10-18)23(28)32-14-21(26)24-13-20-6-3-11-30-20/h2,4-5,7-10,12,20H,3,6,11,13-15H2,1H3,(H,24,26)(H,25,27)/t20-/m1/s1. The Morgan fingerprint density at radius 1 is 1.03 bits per heavy atom. The van der Waals surface area contributed by atoms with Crippen molar-refractivity contribution in [3.8, 4) is 11.5 Å². The predicted molar refractivity (Wildman–Crippen MR) is 116 cm³/mol. The summed E-state index contributed by atoms with van der Waals surface area (Å²) in [6.07, 6.45) is 1.93. The Morgan fingerprint density at radius 2 is 1.84 bits per heavy atom. The van der Waals surface area contributed by atoms with Crippen molar-refractivity contribution in [2.45, 2.75) is 18.9 Å². The van der Waals surface area contributed by atoms with Gasteiger partial charge in [-0.15, -0.1) is 0 Å². The molecule has 2 N–H and O–H groups in total. The molecule has 1 heterocycles. The molecule has 1 fully saturated rings. The van der Waals surface area contributed by atoms with E-state index in [1.165, 1.54) is 12.1 Å². The molecule has 0 radical (unpaired) electrons. The fourth-order valence-electron chi connectivity index (χ4n) is 3.03. The van der Waals surface area contributed by atoms with Crippen molar-refractivity contribution in [1.29, 1.82) is 0 Å². The van der Waals surface area contributed by atoms with Crippen LogP contribution in [0.2, 0.25) is 0 Å². The molecule has 0 aliphatic carbocycles. The zero-order valence-corrected chi connectivity index (χ0v) is 17.8. The van der Waals surface area contributed by atoms with Gasteiger partial charge in [-0.05, 0) is 49.2 Å². The summed E-state index contributed by atoms with van der Waals surface area (Å²) in [5, 5.41) is 5.39. The van der Waals surface area contributed by atoms with Crippen molar-refractivity contribution in [2.24, 2.45) is 0 Å². The highest BCUT2D eigenvalue weighted by Gasteiger charge is 2.17. The monoisotopic (exact) mass is 442 g/mol. The second-order valence-corrected chi connectivity index (χ2v) is 7.11. The minimum absolute atomic E-state index is 0.0276. The zero-order chi connectivity index (χ0) is 22.8. The molecule has 1 atom stereocenters. The number of nitrogens with one attached hydrogen (secondary N) is 2. The first-order valence-electron chi connectivity index (χ1n) is 10.3. The number of esters is 1. The van der Waals surface area contributed by atoms with E-state index >= 15 is 0 Å². The molecule has 3 rings (SSSR count). The van der Waals surface area contributed by atoms with Crippen LogP contribution in [0.4, 0.5) is 5.69 Å². The van der Waals surface area contributed by atoms with Gasteiger partial charge in [0.1, 0.15) is 11.5 Å². The van der Waals surface area contributed by atoms with Gasteiger partial charge < -0.3 is 29.6 Å². The lowest BCUT2D eigenvalue weighted by Crippen LogP contribution is -2.34. The molecule has 0 unspecified atom stereocenters. The van der Waals surface area contributed by atoms with Gasteiger partial charge >= 0.3 is 5.97 Å². The molecule has 170 valence electrons. The number of carbonyl (C=O) groups is 3. The average molecular weight is 442 g/mol. The number of benzene rings is 2. The van der Waals surface area contributed by atoms with Crippen molar-refractivity contribution in [1.82, 2.24) is 5.32 Å². The molecule has 2 aromatic rings. The van der Waals surface area contributed by atoms with Crippen molar-refractivity contribution >= 4 is 23.5 Å². The minimum atomic E-state index is -0.625. The van der Waals surface area contributed by atoms with Crippen LogP contribution >= 0.6 is 0 Å². The summed E-state index contributed by atoms with van der Waals surface area (Å²) in [5.74, 6) is -0.297. The van der Waals surface area contributed by atoms with Gasteiger partial charge in [-0.25, -0.2) is 4.79 Å². The first-order valence-corrected chi connectivity index (χ1v) is 10.3. The highest BCUT2D eigenvalue weighted by atomic mass is 16.5. The second-order valence-electron chi connectivity index (χ2n) is 7.11. The Morgan fingerprint density at radius 3 is 2.56 bits per heavy atom. The molecule has 0 bridgehead atoms. The largest absolute Gasteiger partial charge is 0.497 e. The van der Waals surface area contributed by atoms with Crippen LogP contribution in [0, 0.1) is 0 Å². The number of methoxy groups -OCH3 is 1. The van der Waals surface area contributed by atoms with Gasteiger partial charge in [0.25, 0.3) is 11.8 Å². The van der Waals surface area contributed by atoms with Gasteiger partial charge in [0, 0.05) is 24.9 Å². The van der Waals surface area contributed by atoms with E-state index in [4.69, 9.17) is 18.9 Å². The van der Waals surface area contributed by atoms with Crippen LogP contribution < -0.4 is 20.1 Å². The molecule has 1 aliphatic rings. The zero-order valence-electron chi connectivity index (χ0n) is 17.8. The molecule has 1 saturated heterocycles. The normalized spacial score (nSPS) is 15.0. The summed E-state index contributed by atoms with van der Waals surface area (Å²) in [7, 11) is 1.55. The van der Waals surface area contributed by atoms with E-state index in [0.29, 0.717) is 30.3 Å². The van der Waals surface area contributed by atoms with Gasteiger partial charge in [0.15, 0.2) is 13.2 Å². The third kappa shape index (κ3) is 7.28. The molecule has 0 aromatic heterocycles. The van der Waals surface area contributed by atoms with E-state index in [0.717, 1.165) is 12.8 Å². The predicted octanol–water partition coefficient (Wildman–Crippen LogP) is 2.16. The van der Waals surface area contributed by atoms with E-state index in [-0.39, 0.29) is 36.7 Å². The SMILES string of the molecule is COc1cccc(NC(=O)COc2ccc(C(=O)OCC(=O)NC[C@H]3CCCO3)cc2)c1. The maximum atomic E-state index is 12.1. The molecular formula is C23H26N2O7. The summed E-state index contributed by atoms with van der Waals surface area (Å²) in [5.41, 5.74) is 0.862. The molecule has 2 amide bonds. The first-order chi connectivity index (χ1) is 15.5. The van der Waals surface area contributed by atoms with Crippen LogP contribution in [-0.4, -0.2) is 57.4 Å². The number of anilines is 1. The van der Waals surface area contributed by atoms with E-state index in [1.54, 1.807) is 43.5 Å². The van der Waals surface area contributed by atoms with Crippen LogP contribution in [-0.2, 0) is 19.1 Å². The van der Waals surface area contributed by atoms with Gasteiger partial charge in [-0.2, -0.15) is 0 Å².